The van der Waals surface area contributed by atoms with E-state index in [1.807, 2.05) is 6.92 Å². The van der Waals surface area contributed by atoms with Gasteiger partial charge in [0, 0.05) is 6.54 Å². The Balaban J connectivity index is 4.89. The van der Waals surface area contributed by atoms with Gasteiger partial charge >= 0.3 is 18.0 Å². The maximum absolute atomic E-state index is 12.1. The first-order valence-corrected chi connectivity index (χ1v) is 6.48. The summed E-state index contributed by atoms with van der Waals surface area (Å²) in [5.74, 6) is -1.66. The quantitative estimate of drug-likeness (QED) is 0.713. The smallest absolute Gasteiger partial charge is 0.326 e. The third kappa shape index (κ3) is 5.90. The largest absolute Gasteiger partial charge is 0.480 e. The molecule has 20 heavy (non-hydrogen) atoms. The molecule has 0 spiro atoms. The van der Waals surface area contributed by atoms with Gasteiger partial charge in [0.2, 0.25) is 0 Å². The van der Waals surface area contributed by atoms with Gasteiger partial charge in [0.15, 0.2) is 0 Å². The maximum Gasteiger partial charge on any atom is 0.326 e. The first kappa shape index (κ1) is 18.2. The summed E-state index contributed by atoms with van der Waals surface area (Å²) in [6.45, 7) is 7.16. The molecule has 0 unspecified atom stereocenters. The number of methoxy groups -OCH3 is 1. The lowest BCUT2D eigenvalue weighted by Gasteiger charge is -2.30. The van der Waals surface area contributed by atoms with Crippen LogP contribution in [0.5, 0.6) is 0 Å². The summed E-state index contributed by atoms with van der Waals surface area (Å²) in [5, 5.41) is 11.6. The molecule has 0 aliphatic carbocycles. The van der Waals surface area contributed by atoms with Gasteiger partial charge in [-0.2, -0.15) is 0 Å². The lowest BCUT2D eigenvalue weighted by Crippen LogP contribution is -2.54. The Kier molecular flexibility index (Phi) is 7.02. The molecule has 0 radical (unpaired) electrons. The van der Waals surface area contributed by atoms with Crippen LogP contribution in [0.2, 0.25) is 0 Å². The fourth-order valence-corrected chi connectivity index (χ4v) is 1.61. The molecule has 1 atom stereocenters. The molecule has 2 N–H and O–H groups in total. The van der Waals surface area contributed by atoms with Crippen molar-refractivity contribution in [1.29, 1.82) is 0 Å². The van der Waals surface area contributed by atoms with Crippen LogP contribution in [0.15, 0.2) is 0 Å². The highest BCUT2D eigenvalue weighted by Gasteiger charge is 2.34. The lowest BCUT2D eigenvalue weighted by molar-refractivity contribution is -0.142. The minimum absolute atomic E-state index is 0.202. The van der Waals surface area contributed by atoms with E-state index in [0.717, 1.165) is 0 Å². The molecule has 0 heterocycles. The number of hydrogen-bond acceptors (Lipinski definition) is 4. The van der Waals surface area contributed by atoms with Gasteiger partial charge in [-0.25, -0.2) is 9.59 Å². The first-order valence-electron chi connectivity index (χ1n) is 6.48. The highest BCUT2D eigenvalue weighted by molar-refractivity contribution is 5.85. The van der Waals surface area contributed by atoms with Gasteiger partial charge in [-0.1, -0.05) is 27.7 Å². The number of carboxylic acids is 1. The first-order chi connectivity index (χ1) is 9.13. The molecule has 7 nitrogen and oxygen atoms in total. The van der Waals surface area contributed by atoms with Crippen LogP contribution in [-0.2, 0) is 14.3 Å². The standard InChI is InChI=1S/C13H24N2O5/c1-6-7-15(8-9(16)20-5)12(19)14-10(11(17)18)13(2,3)4/h10H,6-8H2,1-5H3,(H,14,19)(H,17,18)/t10-/m1/s1. The molecule has 0 rings (SSSR count). The van der Waals surface area contributed by atoms with E-state index < -0.39 is 29.4 Å². The Labute approximate surface area is 119 Å². The molecule has 0 aromatic rings. The fraction of sp³-hybridized carbons (Fsp3) is 0.769. The van der Waals surface area contributed by atoms with Crippen molar-refractivity contribution in [1.82, 2.24) is 10.2 Å². The predicted octanol–water partition coefficient (Wildman–Crippen LogP) is 1.08. The molecule has 0 aliphatic heterocycles. The third-order valence-corrected chi connectivity index (χ3v) is 2.71. The summed E-state index contributed by atoms with van der Waals surface area (Å²) in [7, 11) is 1.24. The number of carbonyl (C=O) groups excluding carboxylic acids is 2. The highest BCUT2D eigenvalue weighted by atomic mass is 16.5. The van der Waals surface area contributed by atoms with E-state index in [0.29, 0.717) is 13.0 Å². The molecule has 0 aliphatic rings. The van der Waals surface area contributed by atoms with Gasteiger partial charge in [-0.05, 0) is 11.8 Å². The Bertz CT molecular complexity index is 362. The number of urea groups is 1. The lowest BCUT2D eigenvalue weighted by atomic mass is 9.87. The molecule has 7 heteroatoms. The number of amides is 2. The summed E-state index contributed by atoms with van der Waals surface area (Å²) in [5.41, 5.74) is -0.634. The minimum Gasteiger partial charge on any atom is -0.480 e. The second-order valence-electron chi connectivity index (χ2n) is 5.58. The zero-order valence-corrected chi connectivity index (χ0v) is 12.7. The maximum atomic E-state index is 12.1. The fourth-order valence-electron chi connectivity index (χ4n) is 1.61. The topological polar surface area (TPSA) is 95.9 Å². The van der Waals surface area contributed by atoms with Crippen LogP contribution in [-0.4, -0.2) is 54.2 Å². The van der Waals surface area contributed by atoms with Crippen LogP contribution in [0.25, 0.3) is 0 Å². The second kappa shape index (κ2) is 7.72. The van der Waals surface area contributed by atoms with Crippen molar-refractivity contribution in [3.05, 3.63) is 0 Å². The number of aliphatic carboxylic acids is 1. The van der Waals surface area contributed by atoms with Crippen molar-refractivity contribution in [2.45, 2.75) is 40.2 Å². The molecule has 0 aromatic carbocycles. The summed E-state index contributed by atoms with van der Waals surface area (Å²) in [4.78, 5) is 35.8. The number of nitrogens with one attached hydrogen (secondary N) is 1. The highest BCUT2D eigenvalue weighted by Crippen LogP contribution is 2.19. The van der Waals surface area contributed by atoms with Crippen LogP contribution in [0.3, 0.4) is 0 Å². The summed E-state index contributed by atoms with van der Waals surface area (Å²) >= 11 is 0. The zero-order chi connectivity index (χ0) is 15.9. The molecule has 116 valence electrons. The van der Waals surface area contributed by atoms with Crippen molar-refractivity contribution in [3.63, 3.8) is 0 Å². The van der Waals surface area contributed by atoms with E-state index in [-0.39, 0.29) is 6.54 Å². The van der Waals surface area contributed by atoms with Gasteiger partial charge in [-0.3, -0.25) is 4.79 Å². The molecule has 0 aromatic heterocycles. The number of rotatable bonds is 6. The predicted molar refractivity (Wildman–Crippen MR) is 73.3 cm³/mol. The van der Waals surface area contributed by atoms with E-state index in [1.165, 1.54) is 12.0 Å². The van der Waals surface area contributed by atoms with Crippen molar-refractivity contribution < 1.29 is 24.2 Å². The van der Waals surface area contributed by atoms with Crippen molar-refractivity contribution in [2.75, 3.05) is 20.2 Å². The van der Waals surface area contributed by atoms with Crippen molar-refractivity contribution in [3.8, 4) is 0 Å². The molecular formula is C13H24N2O5. The number of carboxylic acid groups (broad SMARTS) is 1. The van der Waals surface area contributed by atoms with E-state index in [2.05, 4.69) is 10.1 Å². The Morgan fingerprint density at radius 3 is 2.20 bits per heavy atom. The number of hydrogen-bond donors (Lipinski definition) is 2. The molecule has 0 saturated carbocycles. The van der Waals surface area contributed by atoms with Crippen LogP contribution in [0, 0.1) is 5.41 Å². The van der Waals surface area contributed by atoms with E-state index >= 15 is 0 Å². The van der Waals surface area contributed by atoms with Crippen LogP contribution in [0.1, 0.15) is 34.1 Å². The van der Waals surface area contributed by atoms with Crippen LogP contribution < -0.4 is 5.32 Å². The van der Waals surface area contributed by atoms with E-state index in [1.54, 1.807) is 20.8 Å². The summed E-state index contributed by atoms with van der Waals surface area (Å²) < 4.78 is 4.52. The minimum atomic E-state index is -1.11. The third-order valence-electron chi connectivity index (χ3n) is 2.71. The van der Waals surface area contributed by atoms with Crippen LogP contribution in [0.4, 0.5) is 4.79 Å². The summed E-state index contributed by atoms with van der Waals surface area (Å²) in [6, 6.07) is -1.62. The summed E-state index contributed by atoms with van der Waals surface area (Å²) in [6.07, 6.45) is 0.650. The van der Waals surface area contributed by atoms with Gasteiger partial charge < -0.3 is 20.1 Å². The molecule has 0 saturated heterocycles. The monoisotopic (exact) mass is 288 g/mol. The Morgan fingerprint density at radius 2 is 1.85 bits per heavy atom. The average molecular weight is 288 g/mol. The van der Waals surface area contributed by atoms with Gasteiger partial charge in [0.1, 0.15) is 12.6 Å². The van der Waals surface area contributed by atoms with E-state index in [9.17, 15) is 19.5 Å². The van der Waals surface area contributed by atoms with Crippen molar-refractivity contribution in [2.24, 2.45) is 5.41 Å². The SMILES string of the molecule is CCCN(CC(=O)OC)C(=O)N[C@H](C(=O)O)C(C)(C)C. The molecular weight excluding hydrogens is 264 g/mol. The zero-order valence-electron chi connectivity index (χ0n) is 12.7. The Hall–Kier alpha value is -1.79. The number of esters is 1. The normalized spacial score (nSPS) is 12.4. The Morgan fingerprint density at radius 1 is 1.30 bits per heavy atom. The molecule has 0 bridgehead atoms. The van der Waals surface area contributed by atoms with Crippen molar-refractivity contribution >= 4 is 18.0 Å². The second-order valence-corrected chi connectivity index (χ2v) is 5.58. The molecule has 0 fully saturated rings. The number of carbonyl (C=O) groups is 3. The average Bonchev–Trinajstić information content (AvgIpc) is 2.32. The van der Waals surface area contributed by atoms with Gasteiger partial charge in [0.25, 0.3) is 0 Å². The van der Waals surface area contributed by atoms with Crippen LogP contribution >= 0.6 is 0 Å². The van der Waals surface area contributed by atoms with Gasteiger partial charge in [0.05, 0.1) is 7.11 Å². The number of nitrogens with zero attached hydrogens (tertiary/aromatic N) is 1. The molecule has 2 amide bonds. The number of ether oxygens (including phenoxy) is 1. The van der Waals surface area contributed by atoms with E-state index in [4.69, 9.17) is 0 Å². The van der Waals surface area contributed by atoms with Gasteiger partial charge in [-0.15, -0.1) is 0 Å².